The molecule has 0 spiro atoms. The van der Waals surface area contributed by atoms with Gasteiger partial charge in [-0.15, -0.1) is 0 Å². The third-order valence-electron chi connectivity index (χ3n) is 5.00. The van der Waals surface area contributed by atoms with E-state index in [9.17, 15) is 4.79 Å². The Hall–Kier alpha value is -2.17. The lowest BCUT2D eigenvalue weighted by atomic mass is 9.83. The molecule has 3 rings (SSSR count). The number of carbonyl (C=O) groups is 1. The topological polar surface area (TPSA) is 67.2 Å². The molecule has 1 fully saturated rings. The minimum absolute atomic E-state index is 0.00550. The molecule has 0 aromatic heterocycles. The third-order valence-corrected chi connectivity index (χ3v) is 5.00. The van der Waals surface area contributed by atoms with Gasteiger partial charge in [-0.25, -0.2) is 0 Å². The van der Waals surface area contributed by atoms with E-state index in [1.807, 2.05) is 36.4 Å². The molecule has 1 aliphatic rings. The molecule has 2 aromatic carbocycles. The summed E-state index contributed by atoms with van der Waals surface area (Å²) >= 11 is 0. The van der Waals surface area contributed by atoms with Crippen LogP contribution in [0.5, 0.6) is 0 Å². The van der Waals surface area contributed by atoms with Crippen molar-refractivity contribution in [1.29, 1.82) is 0 Å². The molecule has 4 N–H and O–H groups in total. The van der Waals surface area contributed by atoms with Crippen molar-refractivity contribution in [3.63, 3.8) is 0 Å². The van der Waals surface area contributed by atoms with Gasteiger partial charge in [-0.1, -0.05) is 37.3 Å². The Labute approximate surface area is 149 Å². The predicted octanol–water partition coefficient (Wildman–Crippen LogP) is 2.93. The summed E-state index contributed by atoms with van der Waals surface area (Å²) in [7, 11) is 0. The van der Waals surface area contributed by atoms with Crippen molar-refractivity contribution in [3.8, 4) is 11.1 Å². The van der Waals surface area contributed by atoms with E-state index in [1.165, 1.54) is 6.42 Å². The first-order valence-corrected chi connectivity index (χ1v) is 8.98. The van der Waals surface area contributed by atoms with Crippen molar-refractivity contribution in [2.75, 3.05) is 19.6 Å². The van der Waals surface area contributed by atoms with Gasteiger partial charge in [-0.2, -0.15) is 0 Å². The fraction of sp³-hybridized carbons (Fsp3) is 0.381. The van der Waals surface area contributed by atoms with Crippen LogP contribution in [0.25, 0.3) is 11.1 Å². The number of carbonyl (C=O) groups excluding carboxylic acids is 1. The molecule has 25 heavy (non-hydrogen) atoms. The van der Waals surface area contributed by atoms with Gasteiger partial charge in [0.05, 0.1) is 0 Å². The second-order valence-electron chi connectivity index (χ2n) is 7.26. The van der Waals surface area contributed by atoms with Crippen LogP contribution in [0.2, 0.25) is 0 Å². The van der Waals surface area contributed by atoms with E-state index in [-0.39, 0.29) is 11.3 Å². The first kappa shape index (κ1) is 17.6. The van der Waals surface area contributed by atoms with E-state index in [4.69, 9.17) is 5.73 Å². The molecular formula is C21H27N3O. The molecule has 0 bridgehead atoms. The number of nitrogens with two attached hydrogens (primary N) is 1. The third kappa shape index (κ3) is 4.47. The Kier molecular flexibility index (Phi) is 5.51. The summed E-state index contributed by atoms with van der Waals surface area (Å²) in [5.74, 6) is -0.00550. The summed E-state index contributed by atoms with van der Waals surface area (Å²) in [6.07, 6.45) is 2.32. The van der Waals surface area contributed by atoms with Crippen molar-refractivity contribution >= 4 is 5.91 Å². The maximum atomic E-state index is 12.4. The summed E-state index contributed by atoms with van der Waals surface area (Å²) in [5, 5.41) is 6.50. The molecule has 2 aromatic rings. The van der Waals surface area contributed by atoms with Crippen LogP contribution in [0.3, 0.4) is 0 Å². The zero-order chi connectivity index (χ0) is 17.7. The van der Waals surface area contributed by atoms with E-state index in [0.29, 0.717) is 18.7 Å². The lowest BCUT2D eigenvalue weighted by Crippen LogP contribution is -2.45. The van der Waals surface area contributed by atoms with Crippen LogP contribution in [0.15, 0.2) is 48.5 Å². The number of amides is 1. The fourth-order valence-corrected chi connectivity index (χ4v) is 3.36. The molecule has 1 amide bonds. The minimum atomic E-state index is -0.00550. The van der Waals surface area contributed by atoms with Gasteiger partial charge in [-0.3, -0.25) is 4.79 Å². The molecule has 4 heteroatoms. The number of nitrogens with one attached hydrogen (secondary N) is 2. The lowest BCUT2D eigenvalue weighted by Gasteiger charge is -2.34. The highest BCUT2D eigenvalue weighted by atomic mass is 16.1. The van der Waals surface area contributed by atoms with Gasteiger partial charge < -0.3 is 16.4 Å². The van der Waals surface area contributed by atoms with Gasteiger partial charge in [0.25, 0.3) is 5.91 Å². The molecule has 0 saturated carbocycles. The van der Waals surface area contributed by atoms with Crippen molar-refractivity contribution in [3.05, 3.63) is 59.7 Å². The quantitative estimate of drug-likeness (QED) is 0.786. The highest BCUT2D eigenvalue weighted by Crippen LogP contribution is 2.24. The highest BCUT2D eigenvalue weighted by Gasteiger charge is 2.27. The van der Waals surface area contributed by atoms with Gasteiger partial charge in [0.2, 0.25) is 0 Å². The van der Waals surface area contributed by atoms with Crippen LogP contribution in [-0.2, 0) is 6.54 Å². The Morgan fingerprint density at radius 3 is 2.68 bits per heavy atom. The van der Waals surface area contributed by atoms with E-state index in [0.717, 1.165) is 36.2 Å². The van der Waals surface area contributed by atoms with Crippen LogP contribution < -0.4 is 16.4 Å². The van der Waals surface area contributed by atoms with Gasteiger partial charge in [-0.05, 0) is 59.7 Å². The number of rotatable bonds is 5. The molecule has 1 atom stereocenters. The Bertz CT molecular complexity index is 718. The molecule has 4 nitrogen and oxygen atoms in total. The first-order valence-electron chi connectivity index (χ1n) is 8.98. The van der Waals surface area contributed by atoms with Crippen LogP contribution in [0.1, 0.15) is 35.7 Å². The number of hydrogen-bond donors (Lipinski definition) is 3. The molecular weight excluding hydrogens is 310 g/mol. The van der Waals surface area contributed by atoms with Crippen molar-refractivity contribution in [2.24, 2.45) is 11.1 Å². The normalized spacial score (nSPS) is 20.2. The lowest BCUT2D eigenvalue weighted by molar-refractivity contribution is 0.0924. The summed E-state index contributed by atoms with van der Waals surface area (Å²) < 4.78 is 0. The molecule has 1 aliphatic heterocycles. The van der Waals surface area contributed by atoms with Crippen LogP contribution in [-0.4, -0.2) is 25.5 Å². The zero-order valence-electron chi connectivity index (χ0n) is 14.8. The Balaban J connectivity index is 1.64. The van der Waals surface area contributed by atoms with Crippen LogP contribution in [0.4, 0.5) is 0 Å². The highest BCUT2D eigenvalue weighted by molar-refractivity contribution is 5.94. The minimum Gasteiger partial charge on any atom is -0.351 e. The van der Waals surface area contributed by atoms with Crippen LogP contribution in [0, 0.1) is 5.41 Å². The Morgan fingerprint density at radius 1 is 1.20 bits per heavy atom. The standard InChI is InChI=1S/C21H27N3O/c1-21(10-3-11-23-14-21)15-24-20(25)18-8-6-17(7-9-18)19-5-2-4-16(12-19)13-22/h2,4-9,12,23H,3,10-11,13-15,22H2,1H3,(H,24,25). The predicted molar refractivity (Wildman–Crippen MR) is 102 cm³/mol. The van der Waals surface area contributed by atoms with E-state index in [1.54, 1.807) is 0 Å². The van der Waals surface area contributed by atoms with E-state index >= 15 is 0 Å². The average molecular weight is 337 g/mol. The number of benzene rings is 2. The maximum absolute atomic E-state index is 12.4. The molecule has 132 valence electrons. The maximum Gasteiger partial charge on any atom is 0.251 e. The van der Waals surface area contributed by atoms with Gasteiger partial charge in [0, 0.05) is 25.2 Å². The summed E-state index contributed by atoms with van der Waals surface area (Å²) in [6.45, 7) is 5.51. The van der Waals surface area contributed by atoms with Crippen molar-refractivity contribution in [2.45, 2.75) is 26.3 Å². The second-order valence-corrected chi connectivity index (χ2v) is 7.26. The largest absolute Gasteiger partial charge is 0.351 e. The van der Waals surface area contributed by atoms with E-state index < -0.39 is 0 Å². The zero-order valence-corrected chi connectivity index (χ0v) is 14.8. The summed E-state index contributed by atoms with van der Waals surface area (Å²) in [6, 6.07) is 15.9. The van der Waals surface area contributed by atoms with Gasteiger partial charge in [0.1, 0.15) is 0 Å². The average Bonchev–Trinajstić information content (AvgIpc) is 2.67. The van der Waals surface area contributed by atoms with E-state index in [2.05, 4.69) is 29.7 Å². The van der Waals surface area contributed by atoms with Crippen LogP contribution >= 0.6 is 0 Å². The monoisotopic (exact) mass is 337 g/mol. The molecule has 0 radical (unpaired) electrons. The second kappa shape index (κ2) is 7.81. The first-order chi connectivity index (χ1) is 12.1. The molecule has 0 aliphatic carbocycles. The molecule has 1 saturated heterocycles. The molecule has 1 heterocycles. The smallest absolute Gasteiger partial charge is 0.251 e. The Morgan fingerprint density at radius 2 is 2.00 bits per heavy atom. The van der Waals surface area contributed by atoms with Crippen molar-refractivity contribution < 1.29 is 4.79 Å². The SMILES string of the molecule is CC1(CNC(=O)c2ccc(-c3cccc(CN)c3)cc2)CCCNC1. The van der Waals surface area contributed by atoms with Gasteiger partial charge >= 0.3 is 0 Å². The number of hydrogen-bond acceptors (Lipinski definition) is 3. The van der Waals surface area contributed by atoms with Gasteiger partial charge in [0.15, 0.2) is 0 Å². The summed E-state index contributed by atoms with van der Waals surface area (Å²) in [4.78, 5) is 12.4. The summed E-state index contributed by atoms with van der Waals surface area (Å²) in [5.41, 5.74) is 9.88. The number of piperidine rings is 1. The van der Waals surface area contributed by atoms with Crippen molar-refractivity contribution in [1.82, 2.24) is 10.6 Å². The fourth-order valence-electron chi connectivity index (χ4n) is 3.36. The molecule has 1 unspecified atom stereocenters.